The highest BCUT2D eigenvalue weighted by Crippen LogP contribution is 2.30. The van der Waals surface area contributed by atoms with Crippen molar-refractivity contribution in [2.75, 3.05) is 0 Å². The number of para-hydroxylation sites is 1. The quantitative estimate of drug-likeness (QED) is 0.418. The number of aryl methyl sites for hydroxylation is 1. The van der Waals surface area contributed by atoms with Crippen molar-refractivity contribution in [2.24, 2.45) is 0 Å². The van der Waals surface area contributed by atoms with Crippen LogP contribution < -0.4 is 5.56 Å². The van der Waals surface area contributed by atoms with E-state index in [2.05, 4.69) is 38.1 Å². The van der Waals surface area contributed by atoms with E-state index in [1.165, 1.54) is 23.1 Å². The number of rotatable bonds is 5. The molecule has 0 bridgehead atoms. The van der Waals surface area contributed by atoms with Crippen molar-refractivity contribution in [1.29, 1.82) is 0 Å². The Morgan fingerprint density at radius 2 is 1.93 bits per heavy atom. The minimum atomic E-state index is -0.108. The van der Waals surface area contributed by atoms with Crippen LogP contribution in [-0.2, 0) is 5.75 Å². The summed E-state index contributed by atoms with van der Waals surface area (Å²) in [7, 11) is 0. The van der Waals surface area contributed by atoms with Gasteiger partial charge >= 0.3 is 0 Å². The number of nitrogens with zero attached hydrogens (tertiary/aromatic N) is 5. The number of thiophene rings is 1. The topological polar surface area (TPSA) is 89.4 Å². The fourth-order valence-corrected chi connectivity index (χ4v) is 4.75. The maximum atomic E-state index is 12.3. The van der Waals surface area contributed by atoms with E-state index in [9.17, 15) is 4.79 Å². The van der Waals surface area contributed by atoms with Gasteiger partial charge < -0.3 is 4.98 Å². The van der Waals surface area contributed by atoms with Crippen LogP contribution in [0.25, 0.3) is 27.3 Å². The number of nitrogens with one attached hydrogen (secondary N) is 1. The smallest absolute Gasteiger partial charge is 0.268 e. The molecule has 0 radical (unpaired) electrons. The van der Waals surface area contributed by atoms with Crippen molar-refractivity contribution in [2.45, 2.75) is 17.8 Å². The monoisotopic (exact) mass is 432 g/mol. The van der Waals surface area contributed by atoms with Gasteiger partial charge in [-0.3, -0.25) is 14.3 Å². The van der Waals surface area contributed by atoms with Crippen molar-refractivity contribution in [3.8, 4) is 17.1 Å². The van der Waals surface area contributed by atoms with Gasteiger partial charge in [-0.15, -0.1) is 21.5 Å². The Balaban J connectivity index is 1.55. The highest BCUT2D eigenvalue weighted by molar-refractivity contribution is 7.98. The first-order valence-electron chi connectivity index (χ1n) is 9.22. The van der Waals surface area contributed by atoms with Crippen molar-refractivity contribution < 1.29 is 0 Å². The third kappa shape index (κ3) is 3.42. The van der Waals surface area contributed by atoms with E-state index in [-0.39, 0.29) is 5.56 Å². The number of hydrogen-bond acceptors (Lipinski definition) is 7. The van der Waals surface area contributed by atoms with E-state index >= 15 is 0 Å². The maximum absolute atomic E-state index is 12.3. The van der Waals surface area contributed by atoms with Crippen LogP contribution in [0.3, 0.4) is 0 Å². The minimum Gasteiger partial charge on any atom is -0.309 e. The first kappa shape index (κ1) is 18.7. The molecule has 1 aromatic carbocycles. The molecular formula is C21H16N6OS2. The molecule has 0 saturated carbocycles. The Kier molecular flexibility index (Phi) is 4.89. The first-order valence-corrected chi connectivity index (χ1v) is 11.1. The number of pyridine rings is 1. The third-order valence-electron chi connectivity index (χ3n) is 4.63. The summed E-state index contributed by atoms with van der Waals surface area (Å²) in [6.45, 7) is 2.06. The lowest BCUT2D eigenvalue weighted by molar-refractivity contribution is 0.878. The summed E-state index contributed by atoms with van der Waals surface area (Å²) in [5.74, 6) is 1.83. The predicted molar refractivity (Wildman–Crippen MR) is 119 cm³/mol. The van der Waals surface area contributed by atoms with Crippen LogP contribution in [0, 0.1) is 6.92 Å². The second-order valence-corrected chi connectivity index (χ2v) is 8.46. The zero-order valence-electron chi connectivity index (χ0n) is 15.9. The average molecular weight is 433 g/mol. The summed E-state index contributed by atoms with van der Waals surface area (Å²) < 4.78 is 2.68. The van der Waals surface area contributed by atoms with E-state index < -0.39 is 0 Å². The molecule has 0 aliphatic rings. The molecule has 5 rings (SSSR count). The van der Waals surface area contributed by atoms with E-state index in [1.807, 2.05) is 46.3 Å². The number of aromatic nitrogens is 6. The van der Waals surface area contributed by atoms with Crippen molar-refractivity contribution in [3.63, 3.8) is 0 Å². The zero-order valence-corrected chi connectivity index (χ0v) is 17.6. The minimum absolute atomic E-state index is 0.108. The van der Waals surface area contributed by atoms with Gasteiger partial charge in [0.05, 0.1) is 17.0 Å². The lowest BCUT2D eigenvalue weighted by atomic mass is 10.2. The molecule has 0 spiro atoms. The van der Waals surface area contributed by atoms with Crippen LogP contribution in [0.1, 0.15) is 11.4 Å². The van der Waals surface area contributed by atoms with Gasteiger partial charge in [0.25, 0.3) is 5.56 Å². The number of fused-ring (bicyclic) bond motifs is 1. The molecule has 0 atom stereocenters. The van der Waals surface area contributed by atoms with Crippen LogP contribution in [0.2, 0.25) is 0 Å². The Hall–Kier alpha value is -3.30. The number of thioether (sulfide) groups is 1. The van der Waals surface area contributed by atoms with Crippen LogP contribution in [0.15, 0.2) is 70.2 Å². The molecule has 0 saturated heterocycles. The van der Waals surface area contributed by atoms with Gasteiger partial charge in [-0.2, -0.15) is 0 Å². The Bertz CT molecular complexity index is 1390. The highest BCUT2D eigenvalue weighted by Gasteiger charge is 2.18. The molecule has 4 heterocycles. The molecule has 1 N–H and O–H groups in total. The number of aromatic amines is 1. The molecule has 0 unspecified atom stereocenters. The summed E-state index contributed by atoms with van der Waals surface area (Å²) >= 11 is 2.88. The predicted octanol–water partition coefficient (Wildman–Crippen LogP) is 4.23. The summed E-state index contributed by atoms with van der Waals surface area (Å²) in [4.78, 5) is 23.8. The second kappa shape index (κ2) is 7.85. The fraction of sp³-hybridized carbons (Fsp3) is 0.0952. The summed E-state index contributed by atoms with van der Waals surface area (Å²) in [6.07, 6.45) is 3.48. The second-order valence-electron chi connectivity index (χ2n) is 6.60. The molecule has 0 amide bonds. The molecule has 0 fully saturated rings. The highest BCUT2D eigenvalue weighted by atomic mass is 32.2. The van der Waals surface area contributed by atoms with E-state index in [0.29, 0.717) is 16.3 Å². The molecule has 148 valence electrons. The molecule has 7 nitrogen and oxygen atoms in total. The standard InChI is InChI=1S/C21H16N6OS2/c1-13-4-2-3-5-16(13)27-19(14-6-9-22-10-7-14)25-26-21(27)30-12-17-23-15-8-11-29-18(15)20(28)24-17/h2-11H,12H2,1H3,(H,23,24,28). The zero-order chi connectivity index (χ0) is 20.5. The first-order chi connectivity index (χ1) is 14.7. The van der Waals surface area contributed by atoms with Gasteiger partial charge in [0.1, 0.15) is 10.5 Å². The van der Waals surface area contributed by atoms with Gasteiger partial charge in [-0.1, -0.05) is 30.0 Å². The number of hydrogen-bond donors (Lipinski definition) is 1. The fourth-order valence-electron chi connectivity index (χ4n) is 3.21. The lowest BCUT2D eigenvalue weighted by Gasteiger charge is -2.12. The largest absolute Gasteiger partial charge is 0.309 e. The summed E-state index contributed by atoms with van der Waals surface area (Å²) in [5, 5.41) is 11.5. The van der Waals surface area contributed by atoms with Crippen molar-refractivity contribution in [1.82, 2.24) is 29.7 Å². The van der Waals surface area contributed by atoms with E-state index in [4.69, 9.17) is 0 Å². The van der Waals surface area contributed by atoms with E-state index in [1.54, 1.807) is 12.4 Å². The van der Waals surface area contributed by atoms with Gasteiger partial charge in [0.2, 0.25) is 0 Å². The lowest BCUT2D eigenvalue weighted by Crippen LogP contribution is -2.09. The Labute approximate surface area is 179 Å². The van der Waals surface area contributed by atoms with E-state index in [0.717, 1.165) is 33.3 Å². The maximum Gasteiger partial charge on any atom is 0.268 e. The third-order valence-corrected chi connectivity index (χ3v) is 6.47. The van der Waals surface area contributed by atoms with Gasteiger partial charge in [-0.25, -0.2) is 4.98 Å². The van der Waals surface area contributed by atoms with Gasteiger partial charge in [0, 0.05) is 18.0 Å². The number of benzene rings is 1. The van der Waals surface area contributed by atoms with Crippen LogP contribution in [-0.4, -0.2) is 29.7 Å². The molecule has 30 heavy (non-hydrogen) atoms. The molecular weight excluding hydrogens is 416 g/mol. The molecule has 4 aromatic heterocycles. The molecule has 0 aliphatic heterocycles. The van der Waals surface area contributed by atoms with Crippen molar-refractivity contribution in [3.05, 3.63) is 82.0 Å². The Morgan fingerprint density at radius 3 is 2.77 bits per heavy atom. The normalized spacial score (nSPS) is 11.2. The van der Waals surface area contributed by atoms with Crippen LogP contribution in [0.4, 0.5) is 0 Å². The van der Waals surface area contributed by atoms with Gasteiger partial charge in [-0.05, 0) is 42.1 Å². The summed E-state index contributed by atoms with van der Waals surface area (Å²) in [5.41, 5.74) is 3.66. The molecule has 9 heteroatoms. The SMILES string of the molecule is Cc1ccccc1-n1c(SCc2nc3ccsc3c(=O)[nH]2)nnc1-c1ccncc1. The van der Waals surface area contributed by atoms with Crippen LogP contribution >= 0.6 is 23.1 Å². The molecule has 0 aliphatic carbocycles. The Morgan fingerprint density at radius 1 is 1.10 bits per heavy atom. The molecule has 5 aromatic rings. The summed E-state index contributed by atoms with van der Waals surface area (Å²) in [6, 6.07) is 13.8. The number of H-pyrrole nitrogens is 1. The van der Waals surface area contributed by atoms with Crippen molar-refractivity contribution >= 4 is 33.3 Å². The van der Waals surface area contributed by atoms with Gasteiger partial charge in [0.15, 0.2) is 11.0 Å². The average Bonchev–Trinajstić information content (AvgIpc) is 3.40. The van der Waals surface area contributed by atoms with Crippen LogP contribution in [0.5, 0.6) is 0 Å².